The Balaban J connectivity index is 1.62. The van der Waals surface area contributed by atoms with E-state index in [1.54, 1.807) is 0 Å². The zero-order valence-corrected chi connectivity index (χ0v) is 26.6. The van der Waals surface area contributed by atoms with Crippen LogP contribution in [0.3, 0.4) is 0 Å². The van der Waals surface area contributed by atoms with Crippen LogP contribution in [0.4, 0.5) is 65.9 Å². The van der Waals surface area contributed by atoms with E-state index in [1.165, 1.54) is 51.4 Å². The van der Waals surface area contributed by atoms with Crippen LogP contribution in [0.25, 0.3) is 0 Å². The van der Waals surface area contributed by atoms with Crippen LogP contribution in [0.5, 0.6) is 0 Å². The van der Waals surface area contributed by atoms with Gasteiger partial charge in [0.15, 0.2) is 0 Å². The molecule has 2 aliphatic carbocycles. The SMILES string of the molecule is CCCCCC1CCC(CCC2CCC(c3ccc(C(=O)C(F)(F)C(F)(F)C(F)(F)C(F)(F)C(F)(F)C(F)(F)C(F)(F)F)cc3)CC2)CC1. The Morgan fingerprint density at radius 3 is 1.35 bits per heavy atom. The molecule has 0 heterocycles. The average molecular weight is 737 g/mol. The van der Waals surface area contributed by atoms with E-state index in [1.807, 2.05) is 0 Å². The lowest BCUT2D eigenvalue weighted by atomic mass is 9.74. The Morgan fingerprint density at radius 2 is 0.918 bits per heavy atom. The van der Waals surface area contributed by atoms with E-state index < -0.39 is 53.1 Å². The number of carbonyl (C=O) groups excluding carboxylic acids is 1. The number of halogens is 15. The molecule has 1 aromatic carbocycles. The van der Waals surface area contributed by atoms with Gasteiger partial charge in [-0.15, -0.1) is 0 Å². The summed E-state index contributed by atoms with van der Waals surface area (Å²) in [5.41, 5.74) is -0.994. The molecule has 0 aromatic heterocycles. The maximum Gasteiger partial charge on any atom is 0.460 e. The highest BCUT2D eigenvalue weighted by molar-refractivity contribution is 6.02. The fourth-order valence-electron chi connectivity index (χ4n) is 6.94. The number of ketones is 1. The molecule has 0 N–H and O–H groups in total. The van der Waals surface area contributed by atoms with E-state index in [0.717, 1.165) is 43.7 Å². The predicted molar refractivity (Wildman–Crippen MR) is 150 cm³/mol. The average Bonchev–Trinajstić information content (AvgIpc) is 3.03. The lowest BCUT2D eigenvalue weighted by Crippen LogP contribution is -2.73. The Kier molecular flexibility index (Phi) is 12.5. The van der Waals surface area contributed by atoms with Crippen molar-refractivity contribution >= 4 is 5.78 Å². The second-order valence-electron chi connectivity index (χ2n) is 13.6. The van der Waals surface area contributed by atoms with Crippen molar-refractivity contribution in [2.45, 2.75) is 144 Å². The molecule has 0 aliphatic heterocycles. The lowest BCUT2D eigenvalue weighted by Gasteiger charge is -2.41. The topological polar surface area (TPSA) is 17.1 Å². The molecular weight excluding hydrogens is 697 g/mol. The van der Waals surface area contributed by atoms with Gasteiger partial charge in [-0.05, 0) is 54.9 Å². The predicted octanol–water partition coefficient (Wildman–Crippen LogP) is 12.7. The quantitative estimate of drug-likeness (QED) is 0.0996. The minimum Gasteiger partial charge on any atom is -0.287 e. The van der Waals surface area contributed by atoms with Crippen molar-refractivity contribution in [2.24, 2.45) is 17.8 Å². The Labute approximate surface area is 274 Å². The minimum atomic E-state index is -8.43. The van der Waals surface area contributed by atoms with Crippen LogP contribution >= 0.6 is 0 Å². The van der Waals surface area contributed by atoms with E-state index in [0.29, 0.717) is 42.4 Å². The van der Waals surface area contributed by atoms with Crippen molar-refractivity contribution in [1.82, 2.24) is 0 Å². The van der Waals surface area contributed by atoms with Gasteiger partial charge in [0.2, 0.25) is 5.78 Å². The maximum absolute atomic E-state index is 14.4. The van der Waals surface area contributed by atoms with Crippen LogP contribution in [0.1, 0.15) is 119 Å². The first kappa shape index (κ1) is 41.3. The Bertz CT molecular complexity index is 1220. The molecule has 3 rings (SSSR count). The van der Waals surface area contributed by atoms with Gasteiger partial charge in [-0.2, -0.15) is 65.9 Å². The van der Waals surface area contributed by atoms with Gasteiger partial charge in [0.1, 0.15) is 0 Å². The molecule has 0 radical (unpaired) electrons. The number of rotatable bonds is 15. The van der Waals surface area contributed by atoms with Crippen molar-refractivity contribution in [3.05, 3.63) is 35.4 Å². The number of benzene rings is 1. The number of hydrogen-bond acceptors (Lipinski definition) is 1. The van der Waals surface area contributed by atoms with Crippen molar-refractivity contribution in [2.75, 3.05) is 0 Å². The normalized spacial score (nSPS) is 23.8. The molecule has 0 saturated heterocycles. The van der Waals surface area contributed by atoms with Crippen LogP contribution in [0.2, 0.25) is 0 Å². The van der Waals surface area contributed by atoms with E-state index >= 15 is 0 Å². The highest BCUT2D eigenvalue weighted by atomic mass is 19.4. The summed E-state index contributed by atoms with van der Waals surface area (Å²) >= 11 is 0. The molecule has 0 spiro atoms. The largest absolute Gasteiger partial charge is 0.460 e. The Hall–Kier alpha value is -2.16. The number of alkyl halides is 15. The highest BCUT2D eigenvalue weighted by Gasteiger charge is 2.94. The van der Waals surface area contributed by atoms with Gasteiger partial charge in [-0.3, -0.25) is 4.79 Å². The summed E-state index contributed by atoms with van der Waals surface area (Å²) in [5.74, 6) is -49.5. The van der Waals surface area contributed by atoms with Crippen molar-refractivity contribution in [3.8, 4) is 0 Å². The molecule has 2 saturated carbocycles. The van der Waals surface area contributed by atoms with Crippen LogP contribution in [0, 0.1) is 17.8 Å². The molecule has 1 aromatic rings. The molecule has 0 atom stereocenters. The summed E-state index contributed by atoms with van der Waals surface area (Å²) in [6.45, 7) is 2.18. The van der Waals surface area contributed by atoms with Gasteiger partial charge in [0.25, 0.3) is 0 Å². The van der Waals surface area contributed by atoms with E-state index in [2.05, 4.69) is 6.92 Å². The van der Waals surface area contributed by atoms with Crippen LogP contribution in [-0.2, 0) is 0 Å². The number of unbranched alkanes of at least 4 members (excludes halogenated alkanes) is 2. The van der Waals surface area contributed by atoms with E-state index in [-0.39, 0.29) is 5.92 Å². The minimum absolute atomic E-state index is 0.151. The van der Waals surface area contributed by atoms with Crippen molar-refractivity contribution in [1.29, 1.82) is 0 Å². The molecule has 282 valence electrons. The third kappa shape index (κ3) is 7.86. The molecular formula is C33H39F15O. The van der Waals surface area contributed by atoms with E-state index in [9.17, 15) is 70.7 Å². The molecule has 0 bridgehead atoms. The molecule has 0 amide bonds. The molecule has 16 heteroatoms. The van der Waals surface area contributed by atoms with Gasteiger partial charge in [0, 0.05) is 5.56 Å². The van der Waals surface area contributed by atoms with Gasteiger partial charge in [-0.25, -0.2) is 0 Å². The number of Topliss-reactive ketones (excluding diaryl/α,β-unsaturated/α-hetero) is 1. The smallest absolute Gasteiger partial charge is 0.287 e. The number of hydrogen-bond donors (Lipinski definition) is 0. The number of carbonyl (C=O) groups is 1. The summed E-state index contributed by atoms with van der Waals surface area (Å²) < 4.78 is 203. The first-order valence-electron chi connectivity index (χ1n) is 16.3. The fourth-order valence-corrected chi connectivity index (χ4v) is 6.94. The first-order valence-corrected chi connectivity index (χ1v) is 16.3. The van der Waals surface area contributed by atoms with Gasteiger partial charge >= 0.3 is 41.7 Å². The first-order chi connectivity index (χ1) is 22.4. The third-order valence-corrected chi connectivity index (χ3v) is 10.3. The van der Waals surface area contributed by atoms with Crippen LogP contribution < -0.4 is 0 Å². The van der Waals surface area contributed by atoms with E-state index in [4.69, 9.17) is 0 Å². The summed E-state index contributed by atoms with van der Waals surface area (Å²) in [7, 11) is 0. The summed E-state index contributed by atoms with van der Waals surface area (Å²) in [4.78, 5) is 12.2. The zero-order chi connectivity index (χ0) is 37.3. The second kappa shape index (κ2) is 14.8. The molecule has 2 fully saturated rings. The maximum atomic E-state index is 14.4. The molecule has 2 aliphatic rings. The zero-order valence-electron chi connectivity index (χ0n) is 26.6. The highest BCUT2D eigenvalue weighted by Crippen LogP contribution is 2.62. The lowest BCUT2D eigenvalue weighted by molar-refractivity contribution is -0.449. The molecule has 1 nitrogen and oxygen atoms in total. The summed E-state index contributed by atoms with van der Waals surface area (Å²) in [5, 5.41) is 0. The van der Waals surface area contributed by atoms with Crippen molar-refractivity contribution < 1.29 is 70.7 Å². The second-order valence-corrected chi connectivity index (χ2v) is 13.6. The molecule has 49 heavy (non-hydrogen) atoms. The van der Waals surface area contributed by atoms with Gasteiger partial charge in [0.05, 0.1) is 0 Å². The standard InChI is InChI=1S/C33H39F15O/c1-2-3-4-5-20-6-8-21(9-7-20)10-11-22-12-14-23(15-13-22)24-16-18-25(19-17-24)26(49)27(34,35)28(36,37)29(38,39)30(40,41)31(42,43)32(44,45)33(46,47)48/h16-23H,2-15H2,1H3. The van der Waals surface area contributed by atoms with Crippen molar-refractivity contribution in [3.63, 3.8) is 0 Å². The monoisotopic (exact) mass is 736 g/mol. The van der Waals surface area contributed by atoms with Crippen LogP contribution in [-0.4, -0.2) is 47.5 Å². The van der Waals surface area contributed by atoms with Crippen LogP contribution in [0.15, 0.2) is 24.3 Å². The third-order valence-electron chi connectivity index (χ3n) is 10.3. The summed E-state index contributed by atoms with van der Waals surface area (Å²) in [6, 6.07) is 3.07. The Morgan fingerprint density at radius 1 is 0.531 bits per heavy atom. The summed E-state index contributed by atoms with van der Waals surface area (Å²) in [6.07, 6.45) is 7.32. The fraction of sp³-hybridized carbons (Fsp3) is 0.788. The van der Waals surface area contributed by atoms with Gasteiger partial charge in [-0.1, -0.05) is 95.4 Å². The molecule has 0 unspecified atom stereocenters. The van der Waals surface area contributed by atoms with Gasteiger partial charge < -0.3 is 0 Å².